The van der Waals surface area contributed by atoms with Gasteiger partial charge in [-0.1, -0.05) is 42.5 Å². The predicted octanol–water partition coefficient (Wildman–Crippen LogP) is 2.58. The van der Waals surface area contributed by atoms with Crippen LogP contribution in [-0.4, -0.2) is 22.1 Å². The van der Waals surface area contributed by atoms with E-state index in [9.17, 15) is 19.8 Å². The lowest BCUT2D eigenvalue weighted by Gasteiger charge is -2.22. The lowest BCUT2D eigenvalue weighted by Crippen LogP contribution is -2.30. The van der Waals surface area contributed by atoms with Crippen LogP contribution in [0.1, 0.15) is 24.0 Å². The molecule has 1 aromatic heterocycles. The van der Waals surface area contributed by atoms with Crippen molar-refractivity contribution in [1.82, 2.24) is 0 Å². The van der Waals surface area contributed by atoms with Crippen LogP contribution in [0, 0.1) is 0 Å². The Morgan fingerprint density at radius 3 is 2.33 bits per heavy atom. The summed E-state index contributed by atoms with van der Waals surface area (Å²) >= 11 is 0. The van der Waals surface area contributed by atoms with E-state index in [4.69, 9.17) is 4.42 Å². The van der Waals surface area contributed by atoms with E-state index in [-0.39, 0.29) is 16.9 Å². The molecule has 2 atom stereocenters. The molecule has 0 amide bonds. The minimum absolute atomic E-state index is 0.123. The number of hydrogen-bond donors (Lipinski definition) is 2. The lowest BCUT2D eigenvalue weighted by molar-refractivity contribution is -0.125. The van der Waals surface area contributed by atoms with Crippen molar-refractivity contribution in [1.29, 1.82) is 0 Å². The van der Waals surface area contributed by atoms with Gasteiger partial charge in [0.1, 0.15) is 17.4 Å². The summed E-state index contributed by atoms with van der Waals surface area (Å²) in [6.07, 6.45) is -1.47. The summed E-state index contributed by atoms with van der Waals surface area (Å²) in [5.41, 5.74) is -0.117. The zero-order chi connectivity index (χ0) is 17.3. The van der Waals surface area contributed by atoms with Crippen LogP contribution >= 0.6 is 0 Å². The van der Waals surface area contributed by atoms with Crippen LogP contribution in [0.5, 0.6) is 5.75 Å². The number of para-hydroxylation sites is 1. The number of aliphatic hydroxyl groups excluding tert-OH is 1. The predicted molar refractivity (Wildman–Crippen MR) is 89.1 cm³/mol. The molecule has 0 aliphatic rings. The summed E-state index contributed by atoms with van der Waals surface area (Å²) in [5, 5.41) is 21.3. The van der Waals surface area contributed by atoms with Crippen molar-refractivity contribution in [3.63, 3.8) is 0 Å². The second-order valence-corrected chi connectivity index (χ2v) is 5.59. The van der Waals surface area contributed by atoms with E-state index >= 15 is 0 Å². The highest BCUT2D eigenvalue weighted by atomic mass is 16.4. The first-order chi connectivity index (χ1) is 11.5. The standard InChI is InChI=1S/C19H16O5/c1-11(20)17(21)15(12-7-3-2-4-8-12)16-18(22)13-9-5-6-10-14(13)24-19(16)23/h2-10,15,17,21-22H,1H3/t15-,17-/m0/s1. The molecule has 0 saturated heterocycles. The minimum atomic E-state index is -1.47. The Morgan fingerprint density at radius 2 is 1.67 bits per heavy atom. The van der Waals surface area contributed by atoms with Gasteiger partial charge < -0.3 is 14.6 Å². The van der Waals surface area contributed by atoms with Crippen LogP contribution in [-0.2, 0) is 4.79 Å². The lowest BCUT2D eigenvalue weighted by atomic mass is 9.85. The Balaban J connectivity index is 2.31. The molecular formula is C19H16O5. The monoisotopic (exact) mass is 324 g/mol. The SMILES string of the molecule is CC(=O)[C@H](O)[C@@H](c1ccccc1)c1c(O)c2ccccc2oc1=O. The highest BCUT2D eigenvalue weighted by Crippen LogP contribution is 2.36. The van der Waals surface area contributed by atoms with E-state index in [2.05, 4.69) is 0 Å². The Kier molecular flexibility index (Phi) is 4.18. The zero-order valence-corrected chi connectivity index (χ0v) is 13.0. The van der Waals surface area contributed by atoms with Crippen molar-refractivity contribution in [2.45, 2.75) is 18.9 Å². The third kappa shape index (κ3) is 2.70. The van der Waals surface area contributed by atoms with E-state index in [1.54, 1.807) is 54.6 Å². The maximum Gasteiger partial charge on any atom is 0.343 e. The topological polar surface area (TPSA) is 87.7 Å². The van der Waals surface area contributed by atoms with Crippen LogP contribution in [0.2, 0.25) is 0 Å². The Bertz CT molecular complexity index is 943. The summed E-state index contributed by atoms with van der Waals surface area (Å²) in [4.78, 5) is 24.2. The maximum absolute atomic E-state index is 12.4. The van der Waals surface area contributed by atoms with E-state index in [1.165, 1.54) is 6.92 Å². The average molecular weight is 324 g/mol. The first-order valence-electron chi connectivity index (χ1n) is 7.49. The Labute approximate surface area is 137 Å². The van der Waals surface area contributed by atoms with Crippen LogP contribution in [0.15, 0.2) is 63.8 Å². The second kappa shape index (κ2) is 6.29. The van der Waals surface area contributed by atoms with Gasteiger partial charge in [0.2, 0.25) is 0 Å². The highest BCUT2D eigenvalue weighted by molar-refractivity contribution is 5.86. The highest BCUT2D eigenvalue weighted by Gasteiger charge is 2.32. The van der Waals surface area contributed by atoms with Gasteiger partial charge in [-0.25, -0.2) is 4.79 Å². The van der Waals surface area contributed by atoms with Gasteiger partial charge in [0.05, 0.1) is 16.9 Å². The number of ketones is 1. The minimum Gasteiger partial charge on any atom is -0.507 e. The molecule has 0 aliphatic heterocycles. The van der Waals surface area contributed by atoms with Crippen LogP contribution in [0.3, 0.4) is 0 Å². The smallest absolute Gasteiger partial charge is 0.343 e. The molecule has 0 bridgehead atoms. The van der Waals surface area contributed by atoms with Gasteiger partial charge >= 0.3 is 5.63 Å². The average Bonchev–Trinajstić information content (AvgIpc) is 2.58. The molecule has 0 aliphatic carbocycles. The summed E-state index contributed by atoms with van der Waals surface area (Å²) in [6, 6.07) is 15.2. The Hall–Kier alpha value is -2.92. The third-order valence-corrected chi connectivity index (χ3v) is 4.02. The number of fused-ring (bicyclic) bond motifs is 1. The van der Waals surface area contributed by atoms with Crippen LogP contribution < -0.4 is 5.63 Å². The number of aromatic hydroxyl groups is 1. The van der Waals surface area contributed by atoms with Gasteiger partial charge in [0.25, 0.3) is 0 Å². The quantitative estimate of drug-likeness (QED) is 0.720. The molecule has 3 aromatic rings. The first kappa shape index (κ1) is 16.0. The third-order valence-electron chi connectivity index (χ3n) is 4.02. The second-order valence-electron chi connectivity index (χ2n) is 5.59. The summed E-state index contributed by atoms with van der Waals surface area (Å²) < 4.78 is 5.27. The van der Waals surface area contributed by atoms with Crippen molar-refractivity contribution in [2.24, 2.45) is 0 Å². The van der Waals surface area contributed by atoms with Gasteiger partial charge in [-0.3, -0.25) is 4.79 Å². The molecule has 0 spiro atoms. The van der Waals surface area contributed by atoms with E-state index in [0.29, 0.717) is 10.9 Å². The van der Waals surface area contributed by atoms with E-state index in [0.717, 1.165) is 0 Å². The molecule has 1 heterocycles. The summed E-state index contributed by atoms with van der Waals surface area (Å²) in [7, 11) is 0. The zero-order valence-electron chi connectivity index (χ0n) is 13.0. The maximum atomic E-state index is 12.4. The van der Waals surface area contributed by atoms with Gasteiger partial charge in [0, 0.05) is 0 Å². The van der Waals surface area contributed by atoms with Crippen molar-refractivity contribution in [3.8, 4) is 5.75 Å². The molecule has 0 fully saturated rings. The van der Waals surface area contributed by atoms with Crippen molar-refractivity contribution >= 4 is 16.8 Å². The van der Waals surface area contributed by atoms with Crippen molar-refractivity contribution in [2.75, 3.05) is 0 Å². The molecule has 122 valence electrons. The van der Waals surface area contributed by atoms with Gasteiger partial charge in [-0.2, -0.15) is 0 Å². The number of rotatable bonds is 4. The van der Waals surface area contributed by atoms with Crippen LogP contribution in [0.25, 0.3) is 11.0 Å². The fourth-order valence-electron chi connectivity index (χ4n) is 2.82. The molecule has 2 aromatic carbocycles. The number of hydrogen-bond acceptors (Lipinski definition) is 5. The van der Waals surface area contributed by atoms with E-state index < -0.39 is 23.4 Å². The normalized spacial score (nSPS) is 13.6. The van der Waals surface area contributed by atoms with Crippen molar-refractivity contribution in [3.05, 3.63) is 76.1 Å². The molecular weight excluding hydrogens is 308 g/mol. The Morgan fingerprint density at radius 1 is 1.04 bits per heavy atom. The molecule has 0 radical (unpaired) electrons. The largest absolute Gasteiger partial charge is 0.507 e. The summed E-state index contributed by atoms with van der Waals surface area (Å²) in [5.74, 6) is -1.80. The van der Waals surface area contributed by atoms with Gasteiger partial charge in [-0.05, 0) is 24.6 Å². The summed E-state index contributed by atoms with van der Waals surface area (Å²) in [6.45, 7) is 1.24. The molecule has 0 unspecified atom stereocenters. The number of benzene rings is 2. The molecule has 2 N–H and O–H groups in total. The molecule has 24 heavy (non-hydrogen) atoms. The van der Waals surface area contributed by atoms with Gasteiger partial charge in [0.15, 0.2) is 5.78 Å². The number of aliphatic hydroxyl groups is 1. The fourth-order valence-corrected chi connectivity index (χ4v) is 2.82. The molecule has 5 heteroatoms. The number of carbonyl (C=O) groups excluding carboxylic acids is 1. The van der Waals surface area contributed by atoms with Gasteiger partial charge in [-0.15, -0.1) is 0 Å². The molecule has 3 rings (SSSR count). The first-order valence-corrected chi connectivity index (χ1v) is 7.49. The number of carbonyl (C=O) groups is 1. The fraction of sp³-hybridized carbons (Fsp3) is 0.158. The van der Waals surface area contributed by atoms with E-state index in [1.807, 2.05) is 0 Å². The van der Waals surface area contributed by atoms with Crippen molar-refractivity contribution < 1.29 is 19.4 Å². The molecule has 0 saturated carbocycles. The van der Waals surface area contributed by atoms with Crippen LogP contribution in [0.4, 0.5) is 0 Å². The molecule has 5 nitrogen and oxygen atoms in total. The number of Topliss-reactive ketones (excluding diaryl/α,β-unsaturated/α-hetero) is 1.